The Morgan fingerprint density at radius 1 is 1.57 bits per heavy atom. The van der Waals surface area contributed by atoms with Crippen LogP contribution < -0.4 is 11.1 Å². The van der Waals surface area contributed by atoms with Crippen molar-refractivity contribution in [3.05, 3.63) is 34.3 Å². The van der Waals surface area contributed by atoms with Gasteiger partial charge in [0.05, 0.1) is 17.5 Å². The Hall–Kier alpha value is -1.12. The fourth-order valence-corrected chi connectivity index (χ4v) is 3.91. The quantitative estimate of drug-likeness (QED) is 0.778. The Labute approximate surface area is 148 Å². The summed E-state index contributed by atoms with van der Waals surface area (Å²) < 4.78 is 6.04. The summed E-state index contributed by atoms with van der Waals surface area (Å²) in [5.74, 6) is -0.158. The van der Waals surface area contributed by atoms with Gasteiger partial charge in [-0.25, -0.2) is 4.98 Å². The van der Waals surface area contributed by atoms with E-state index in [0.717, 1.165) is 14.9 Å². The van der Waals surface area contributed by atoms with Crippen LogP contribution in [0.4, 0.5) is 5.69 Å². The number of halogens is 1. The molecule has 2 aromatic rings. The molecular weight excluding hydrogens is 354 g/mol. The largest absolute Gasteiger partial charge is 0.380 e. The Bertz CT molecular complexity index is 674. The lowest BCUT2D eigenvalue weighted by Gasteiger charge is -2.13. The molecule has 3 N–H and O–H groups in total. The van der Waals surface area contributed by atoms with Gasteiger partial charge in [0.1, 0.15) is 0 Å². The predicted molar refractivity (Wildman–Crippen MR) is 95.5 cm³/mol. The number of rotatable bonds is 7. The summed E-state index contributed by atoms with van der Waals surface area (Å²) in [5.41, 5.74) is 7.15. The van der Waals surface area contributed by atoms with Gasteiger partial charge in [-0.3, -0.25) is 4.79 Å². The van der Waals surface area contributed by atoms with E-state index in [1.165, 1.54) is 18.9 Å². The molecule has 1 unspecified atom stereocenters. The fraction of sp³-hybridized carbons (Fsp3) is 0.333. The highest BCUT2D eigenvalue weighted by Gasteiger charge is 2.13. The van der Waals surface area contributed by atoms with Crippen LogP contribution in [0, 0.1) is 6.92 Å². The molecule has 1 aromatic carbocycles. The molecule has 0 aliphatic carbocycles. The van der Waals surface area contributed by atoms with Gasteiger partial charge in [-0.1, -0.05) is 23.4 Å². The highest BCUT2D eigenvalue weighted by molar-refractivity contribution is 8.01. The normalized spacial score (nSPS) is 12.2. The van der Waals surface area contributed by atoms with Crippen molar-refractivity contribution in [2.75, 3.05) is 19.0 Å². The SMILES string of the molecule is COC(CN)CC(=O)Nc1ccc(Sc2nc(C)cs2)c(Cl)c1. The first-order chi connectivity index (χ1) is 11.0. The summed E-state index contributed by atoms with van der Waals surface area (Å²) >= 11 is 9.37. The average molecular weight is 372 g/mol. The van der Waals surface area contributed by atoms with Gasteiger partial charge in [0.2, 0.25) is 5.91 Å². The molecule has 8 heteroatoms. The maximum absolute atomic E-state index is 11.9. The van der Waals surface area contributed by atoms with Crippen LogP contribution in [0.25, 0.3) is 0 Å². The standard InChI is InChI=1S/C15H18ClN3O2S2/c1-9-8-22-15(18-9)23-13-4-3-10(5-12(13)16)19-14(20)6-11(7-17)21-2/h3-5,8,11H,6-7,17H2,1-2H3,(H,19,20). The van der Waals surface area contributed by atoms with Gasteiger partial charge in [0.25, 0.3) is 0 Å². The molecule has 0 spiro atoms. The van der Waals surface area contributed by atoms with Crippen molar-refractivity contribution in [2.45, 2.75) is 28.7 Å². The van der Waals surface area contributed by atoms with Gasteiger partial charge >= 0.3 is 0 Å². The number of benzene rings is 1. The second-order valence-corrected chi connectivity index (χ2v) is 7.40. The number of ether oxygens (including phenoxy) is 1. The predicted octanol–water partition coefficient (Wildman–Crippen LogP) is 3.56. The van der Waals surface area contributed by atoms with Crippen LogP contribution in [0.5, 0.6) is 0 Å². The topological polar surface area (TPSA) is 77.2 Å². The lowest BCUT2D eigenvalue weighted by atomic mass is 10.2. The van der Waals surface area contributed by atoms with Crippen LogP contribution in [0.3, 0.4) is 0 Å². The van der Waals surface area contributed by atoms with E-state index in [-0.39, 0.29) is 18.4 Å². The van der Waals surface area contributed by atoms with Crippen LogP contribution in [-0.4, -0.2) is 30.6 Å². The van der Waals surface area contributed by atoms with Crippen molar-refractivity contribution in [2.24, 2.45) is 5.73 Å². The van der Waals surface area contributed by atoms with E-state index < -0.39 is 0 Å². The molecule has 0 bridgehead atoms. The van der Waals surface area contributed by atoms with Crippen LogP contribution in [0.1, 0.15) is 12.1 Å². The molecule has 1 heterocycles. The molecule has 2 rings (SSSR count). The Balaban J connectivity index is 2.00. The monoisotopic (exact) mass is 371 g/mol. The first-order valence-electron chi connectivity index (χ1n) is 6.94. The third kappa shape index (κ3) is 5.47. The van der Waals surface area contributed by atoms with Crippen molar-refractivity contribution >= 4 is 46.3 Å². The molecule has 0 radical (unpaired) electrons. The molecule has 5 nitrogen and oxygen atoms in total. The number of carbonyl (C=O) groups excluding carboxylic acids is 1. The molecule has 0 saturated carbocycles. The van der Waals surface area contributed by atoms with Crippen molar-refractivity contribution < 1.29 is 9.53 Å². The van der Waals surface area contributed by atoms with Gasteiger partial charge < -0.3 is 15.8 Å². The van der Waals surface area contributed by atoms with Crippen LogP contribution >= 0.6 is 34.7 Å². The summed E-state index contributed by atoms with van der Waals surface area (Å²) in [7, 11) is 1.54. The fourth-order valence-electron chi connectivity index (χ4n) is 1.82. The van der Waals surface area contributed by atoms with Gasteiger partial charge in [-0.2, -0.15) is 0 Å². The van der Waals surface area contributed by atoms with E-state index in [1.54, 1.807) is 17.4 Å². The van der Waals surface area contributed by atoms with E-state index >= 15 is 0 Å². The number of amides is 1. The molecule has 124 valence electrons. The second kappa shape index (κ2) is 8.65. The highest BCUT2D eigenvalue weighted by atomic mass is 35.5. The summed E-state index contributed by atoms with van der Waals surface area (Å²) in [6, 6.07) is 5.42. The van der Waals surface area contributed by atoms with E-state index in [2.05, 4.69) is 10.3 Å². The number of carbonyl (C=O) groups is 1. The Morgan fingerprint density at radius 2 is 2.35 bits per heavy atom. The number of nitrogens with zero attached hydrogens (tertiary/aromatic N) is 1. The Morgan fingerprint density at radius 3 is 2.91 bits per heavy atom. The lowest BCUT2D eigenvalue weighted by Crippen LogP contribution is -2.28. The number of nitrogens with two attached hydrogens (primary N) is 1. The van der Waals surface area contributed by atoms with Crippen molar-refractivity contribution in [3.63, 3.8) is 0 Å². The van der Waals surface area contributed by atoms with E-state index in [0.29, 0.717) is 17.3 Å². The number of anilines is 1. The van der Waals surface area contributed by atoms with Gasteiger partial charge in [0, 0.05) is 35.3 Å². The zero-order chi connectivity index (χ0) is 16.8. The van der Waals surface area contributed by atoms with Gasteiger partial charge in [-0.05, 0) is 25.1 Å². The lowest BCUT2D eigenvalue weighted by molar-refractivity contribution is -0.118. The molecule has 0 saturated heterocycles. The average Bonchev–Trinajstić information content (AvgIpc) is 2.93. The summed E-state index contributed by atoms with van der Waals surface area (Å²) in [6.45, 7) is 2.25. The smallest absolute Gasteiger partial charge is 0.227 e. The minimum absolute atomic E-state index is 0.158. The number of hydrogen-bond donors (Lipinski definition) is 2. The van der Waals surface area contributed by atoms with Crippen LogP contribution in [-0.2, 0) is 9.53 Å². The third-order valence-electron chi connectivity index (χ3n) is 3.02. The number of methoxy groups -OCH3 is 1. The van der Waals surface area contributed by atoms with E-state index in [1.807, 2.05) is 24.4 Å². The molecule has 0 aliphatic heterocycles. The Kier molecular flexibility index (Phi) is 6.86. The maximum atomic E-state index is 11.9. The van der Waals surface area contributed by atoms with Crippen LogP contribution in [0.15, 0.2) is 32.8 Å². The number of aromatic nitrogens is 1. The number of thiazole rings is 1. The summed E-state index contributed by atoms with van der Waals surface area (Å²) in [5, 5.41) is 5.36. The zero-order valence-electron chi connectivity index (χ0n) is 12.8. The first-order valence-corrected chi connectivity index (χ1v) is 9.01. The van der Waals surface area contributed by atoms with Crippen molar-refractivity contribution in [3.8, 4) is 0 Å². The molecule has 23 heavy (non-hydrogen) atoms. The van der Waals surface area contributed by atoms with Crippen molar-refractivity contribution in [1.29, 1.82) is 0 Å². The molecular formula is C15H18ClN3O2S2. The van der Waals surface area contributed by atoms with E-state index in [4.69, 9.17) is 22.1 Å². The number of aryl methyl sites for hydroxylation is 1. The minimum atomic E-state index is -0.284. The zero-order valence-corrected chi connectivity index (χ0v) is 15.2. The summed E-state index contributed by atoms with van der Waals surface area (Å²) in [4.78, 5) is 17.2. The summed E-state index contributed by atoms with van der Waals surface area (Å²) in [6.07, 6.45) is -0.0760. The van der Waals surface area contributed by atoms with E-state index in [9.17, 15) is 4.79 Å². The van der Waals surface area contributed by atoms with Crippen LogP contribution in [0.2, 0.25) is 5.02 Å². The number of hydrogen-bond acceptors (Lipinski definition) is 6. The third-order valence-corrected chi connectivity index (χ3v) is 5.58. The molecule has 0 aliphatic rings. The van der Waals surface area contributed by atoms with Gasteiger partial charge in [-0.15, -0.1) is 11.3 Å². The second-order valence-electron chi connectivity index (χ2n) is 4.85. The van der Waals surface area contributed by atoms with Gasteiger partial charge in [0.15, 0.2) is 4.34 Å². The molecule has 1 amide bonds. The minimum Gasteiger partial charge on any atom is -0.380 e. The molecule has 1 atom stereocenters. The molecule has 0 fully saturated rings. The molecule has 1 aromatic heterocycles. The maximum Gasteiger partial charge on any atom is 0.227 e. The highest BCUT2D eigenvalue weighted by Crippen LogP contribution is 2.36. The number of nitrogens with one attached hydrogen (secondary N) is 1. The first kappa shape index (κ1) is 18.2. The van der Waals surface area contributed by atoms with Crippen molar-refractivity contribution in [1.82, 2.24) is 4.98 Å².